The van der Waals surface area contributed by atoms with Gasteiger partial charge in [-0.2, -0.15) is 0 Å². The summed E-state index contributed by atoms with van der Waals surface area (Å²) in [5.74, 6) is 0.673. The zero-order chi connectivity index (χ0) is 20.9. The predicted molar refractivity (Wildman–Crippen MR) is 112 cm³/mol. The number of benzene rings is 1. The lowest BCUT2D eigenvalue weighted by Gasteiger charge is -2.22. The van der Waals surface area contributed by atoms with Crippen molar-refractivity contribution in [2.24, 2.45) is 0 Å². The van der Waals surface area contributed by atoms with Crippen LogP contribution in [0.25, 0.3) is 0 Å². The summed E-state index contributed by atoms with van der Waals surface area (Å²) in [5.41, 5.74) is 0.531. The Kier molecular flexibility index (Phi) is 6.73. The largest absolute Gasteiger partial charge is 0.467 e. The van der Waals surface area contributed by atoms with Crippen LogP contribution in [-0.4, -0.2) is 37.7 Å². The molecule has 0 saturated carbocycles. The van der Waals surface area contributed by atoms with E-state index in [-0.39, 0.29) is 17.5 Å². The molecule has 1 N–H and O–H groups in total. The van der Waals surface area contributed by atoms with Crippen LogP contribution in [0.2, 0.25) is 0 Å². The molecule has 9 heteroatoms. The van der Waals surface area contributed by atoms with Crippen molar-refractivity contribution in [3.8, 4) is 0 Å². The first-order chi connectivity index (χ1) is 13.9. The standard InChI is InChI=1S/C20H23N3O4S2/c1-22(2)29(25,26)19-10-4-3-7-16(19)13-21-20(24)23(14-17-8-5-11-27-17)15-18-9-6-12-28-18/h3-12H,13-15H2,1-2H3,(H,21,24). The van der Waals surface area contributed by atoms with Gasteiger partial charge in [-0.25, -0.2) is 17.5 Å². The molecule has 0 unspecified atom stereocenters. The van der Waals surface area contributed by atoms with Crippen LogP contribution in [0.4, 0.5) is 4.79 Å². The first-order valence-corrected chi connectivity index (χ1v) is 11.3. The zero-order valence-corrected chi connectivity index (χ0v) is 17.9. The molecule has 154 valence electrons. The first-order valence-electron chi connectivity index (χ1n) is 8.96. The van der Waals surface area contributed by atoms with Gasteiger partial charge < -0.3 is 14.6 Å². The summed E-state index contributed by atoms with van der Waals surface area (Å²) >= 11 is 1.57. The Bertz CT molecular complexity index is 993. The highest BCUT2D eigenvalue weighted by atomic mass is 32.2. The monoisotopic (exact) mass is 433 g/mol. The van der Waals surface area contributed by atoms with Crippen molar-refractivity contribution in [1.29, 1.82) is 0 Å². The lowest BCUT2D eigenvalue weighted by Crippen LogP contribution is -2.38. The highest BCUT2D eigenvalue weighted by molar-refractivity contribution is 7.89. The quantitative estimate of drug-likeness (QED) is 0.589. The van der Waals surface area contributed by atoms with Crippen molar-refractivity contribution in [2.75, 3.05) is 14.1 Å². The third kappa shape index (κ3) is 5.26. The van der Waals surface area contributed by atoms with Gasteiger partial charge in [0.25, 0.3) is 0 Å². The first kappa shape index (κ1) is 21.1. The van der Waals surface area contributed by atoms with E-state index in [1.54, 1.807) is 52.8 Å². The van der Waals surface area contributed by atoms with Crippen LogP contribution < -0.4 is 5.32 Å². The third-order valence-corrected chi connectivity index (χ3v) is 7.08. The lowest BCUT2D eigenvalue weighted by molar-refractivity contribution is 0.187. The summed E-state index contributed by atoms with van der Waals surface area (Å²) in [6.45, 7) is 0.845. The molecule has 0 spiro atoms. The van der Waals surface area contributed by atoms with Crippen LogP contribution >= 0.6 is 11.3 Å². The summed E-state index contributed by atoms with van der Waals surface area (Å²) in [6.07, 6.45) is 1.57. The van der Waals surface area contributed by atoms with E-state index in [4.69, 9.17) is 4.42 Å². The predicted octanol–water partition coefficient (Wildman–Crippen LogP) is 3.50. The maximum atomic E-state index is 12.9. The van der Waals surface area contributed by atoms with Gasteiger partial charge in [0, 0.05) is 25.5 Å². The molecule has 0 bridgehead atoms. The zero-order valence-electron chi connectivity index (χ0n) is 16.2. The van der Waals surface area contributed by atoms with E-state index in [0.717, 1.165) is 9.18 Å². The van der Waals surface area contributed by atoms with Gasteiger partial charge in [0.1, 0.15) is 5.76 Å². The Morgan fingerprint density at radius 3 is 2.52 bits per heavy atom. The van der Waals surface area contributed by atoms with Crippen LogP contribution in [0.5, 0.6) is 0 Å². The Morgan fingerprint density at radius 1 is 1.07 bits per heavy atom. The van der Waals surface area contributed by atoms with E-state index in [2.05, 4.69) is 5.32 Å². The molecule has 0 atom stereocenters. The molecular weight excluding hydrogens is 410 g/mol. The minimum Gasteiger partial charge on any atom is -0.467 e. The molecule has 2 aromatic heterocycles. The molecule has 1 aromatic carbocycles. The normalized spacial score (nSPS) is 11.6. The number of sulfonamides is 1. The molecule has 29 heavy (non-hydrogen) atoms. The number of rotatable bonds is 8. The molecule has 2 heterocycles. The third-order valence-electron chi connectivity index (χ3n) is 4.30. The number of thiophene rings is 1. The number of carbonyl (C=O) groups is 1. The maximum absolute atomic E-state index is 12.9. The summed E-state index contributed by atoms with van der Waals surface area (Å²) in [4.78, 5) is 15.7. The van der Waals surface area contributed by atoms with Crippen molar-refractivity contribution < 1.29 is 17.6 Å². The molecule has 0 radical (unpaired) electrons. The van der Waals surface area contributed by atoms with Gasteiger partial charge in [0.05, 0.1) is 24.2 Å². The van der Waals surface area contributed by atoms with Crippen LogP contribution in [0, 0.1) is 0 Å². The van der Waals surface area contributed by atoms with Gasteiger partial charge in [-0.1, -0.05) is 24.3 Å². The Morgan fingerprint density at radius 2 is 1.86 bits per heavy atom. The van der Waals surface area contributed by atoms with Gasteiger partial charge in [-0.3, -0.25) is 0 Å². The van der Waals surface area contributed by atoms with Crippen molar-refractivity contribution in [2.45, 2.75) is 24.5 Å². The molecule has 7 nitrogen and oxygen atoms in total. The van der Waals surface area contributed by atoms with Gasteiger partial charge in [-0.15, -0.1) is 11.3 Å². The molecular formula is C20H23N3O4S2. The van der Waals surface area contributed by atoms with E-state index < -0.39 is 10.0 Å². The number of nitrogens with one attached hydrogen (secondary N) is 1. The van der Waals surface area contributed by atoms with Gasteiger partial charge >= 0.3 is 6.03 Å². The highest BCUT2D eigenvalue weighted by Gasteiger charge is 2.22. The van der Waals surface area contributed by atoms with Crippen LogP contribution in [0.1, 0.15) is 16.2 Å². The molecule has 3 rings (SSSR count). The molecule has 0 aliphatic rings. The fourth-order valence-corrected chi connectivity index (χ4v) is 4.60. The van der Waals surface area contributed by atoms with Crippen LogP contribution in [0.3, 0.4) is 0 Å². The lowest BCUT2D eigenvalue weighted by atomic mass is 10.2. The summed E-state index contributed by atoms with van der Waals surface area (Å²) in [6, 6.07) is 13.9. The average molecular weight is 434 g/mol. The number of amides is 2. The maximum Gasteiger partial charge on any atom is 0.318 e. The average Bonchev–Trinajstić information content (AvgIpc) is 3.40. The van der Waals surface area contributed by atoms with Crippen molar-refractivity contribution in [1.82, 2.24) is 14.5 Å². The molecule has 3 aromatic rings. The molecule has 0 fully saturated rings. The summed E-state index contributed by atoms with van der Waals surface area (Å²) in [7, 11) is -0.637. The van der Waals surface area contributed by atoms with Crippen molar-refractivity contribution in [3.05, 3.63) is 76.4 Å². The fourth-order valence-electron chi connectivity index (χ4n) is 2.76. The van der Waals surface area contributed by atoms with Gasteiger partial charge in [0.15, 0.2) is 0 Å². The Labute approximate surface area is 174 Å². The minimum absolute atomic E-state index is 0.0984. The van der Waals surface area contributed by atoms with E-state index in [0.29, 0.717) is 24.4 Å². The summed E-state index contributed by atoms with van der Waals surface area (Å²) in [5, 5.41) is 4.80. The van der Waals surface area contributed by atoms with E-state index >= 15 is 0 Å². The van der Waals surface area contributed by atoms with E-state index in [9.17, 15) is 13.2 Å². The Balaban J connectivity index is 1.75. The van der Waals surface area contributed by atoms with Crippen molar-refractivity contribution in [3.63, 3.8) is 0 Å². The van der Waals surface area contributed by atoms with E-state index in [1.807, 2.05) is 23.6 Å². The molecule has 0 saturated heterocycles. The highest BCUT2D eigenvalue weighted by Crippen LogP contribution is 2.19. The molecule has 0 aliphatic heterocycles. The second kappa shape index (κ2) is 9.25. The number of urea groups is 1. The number of hydrogen-bond donors (Lipinski definition) is 1. The van der Waals surface area contributed by atoms with Gasteiger partial charge in [-0.05, 0) is 35.2 Å². The minimum atomic E-state index is -3.60. The van der Waals surface area contributed by atoms with Crippen molar-refractivity contribution >= 4 is 27.4 Å². The smallest absolute Gasteiger partial charge is 0.318 e. The number of hydrogen-bond acceptors (Lipinski definition) is 5. The Hall–Kier alpha value is -2.62. The second-order valence-corrected chi connectivity index (χ2v) is 9.72. The van der Waals surface area contributed by atoms with Crippen LogP contribution in [0.15, 0.2) is 69.5 Å². The fraction of sp³-hybridized carbons (Fsp3) is 0.250. The topological polar surface area (TPSA) is 82.9 Å². The van der Waals surface area contributed by atoms with Gasteiger partial charge in [0.2, 0.25) is 10.0 Å². The SMILES string of the molecule is CN(C)S(=O)(=O)c1ccccc1CNC(=O)N(Cc1ccco1)Cc1cccs1. The molecule has 2 amide bonds. The second-order valence-electron chi connectivity index (χ2n) is 6.57. The number of furan rings is 1. The van der Waals surface area contributed by atoms with E-state index in [1.165, 1.54) is 14.1 Å². The summed E-state index contributed by atoms with van der Waals surface area (Å²) < 4.78 is 31.6. The number of carbonyl (C=O) groups excluding carboxylic acids is 1. The van der Waals surface area contributed by atoms with Crippen LogP contribution in [-0.2, 0) is 29.7 Å². The molecule has 0 aliphatic carbocycles. The number of nitrogens with zero attached hydrogens (tertiary/aromatic N) is 2.